The highest BCUT2D eigenvalue weighted by atomic mass is 32.1. The molecule has 3 aliphatic rings. The predicted octanol–water partition coefficient (Wildman–Crippen LogP) is 4.90. The normalized spacial score (nSPS) is 20.3. The molecule has 2 aliphatic heterocycles. The molecule has 3 fully saturated rings. The number of anilines is 2. The van der Waals surface area contributed by atoms with E-state index in [9.17, 15) is 18.0 Å². The first-order valence-corrected chi connectivity index (χ1v) is 12.7. The third-order valence-corrected chi connectivity index (χ3v) is 7.88. The Labute approximate surface area is 218 Å². The Balaban J connectivity index is 1.41. The largest absolute Gasteiger partial charge is 0.490 e. The van der Waals surface area contributed by atoms with Crippen LogP contribution in [0.1, 0.15) is 50.3 Å². The van der Waals surface area contributed by atoms with Gasteiger partial charge in [-0.15, -0.1) is 0 Å². The van der Waals surface area contributed by atoms with Gasteiger partial charge in [-0.1, -0.05) is 6.92 Å². The van der Waals surface area contributed by atoms with Crippen LogP contribution < -0.4 is 14.5 Å². The Morgan fingerprint density at radius 1 is 1.19 bits per heavy atom. The van der Waals surface area contributed by atoms with Crippen LogP contribution in [0.15, 0.2) is 36.5 Å². The number of pyridine rings is 1. The third-order valence-electron chi connectivity index (χ3n) is 7.51. The van der Waals surface area contributed by atoms with Crippen molar-refractivity contribution in [1.82, 2.24) is 9.88 Å². The molecule has 0 N–H and O–H groups in total. The molecule has 1 amide bonds. The van der Waals surface area contributed by atoms with Crippen LogP contribution in [-0.4, -0.2) is 52.2 Å². The Bertz CT molecular complexity index is 1250. The zero-order valence-electron chi connectivity index (χ0n) is 20.3. The van der Waals surface area contributed by atoms with Gasteiger partial charge in [0.25, 0.3) is 5.91 Å². The number of alkyl halides is 3. The van der Waals surface area contributed by atoms with Crippen molar-refractivity contribution in [1.29, 1.82) is 5.26 Å². The Hall–Kier alpha value is -3.23. The van der Waals surface area contributed by atoms with E-state index in [0.29, 0.717) is 18.5 Å². The van der Waals surface area contributed by atoms with Crippen molar-refractivity contribution in [2.24, 2.45) is 0 Å². The summed E-state index contributed by atoms with van der Waals surface area (Å²) in [6, 6.07) is 9.58. The predicted molar refractivity (Wildman–Crippen MR) is 135 cm³/mol. The number of thiocarbonyl (C=S) groups is 1. The summed E-state index contributed by atoms with van der Waals surface area (Å²) in [7, 11) is 0. The van der Waals surface area contributed by atoms with E-state index >= 15 is 0 Å². The van der Waals surface area contributed by atoms with E-state index in [1.54, 1.807) is 4.90 Å². The zero-order valence-corrected chi connectivity index (χ0v) is 21.1. The molecule has 0 unspecified atom stereocenters. The van der Waals surface area contributed by atoms with Crippen molar-refractivity contribution < 1.29 is 22.7 Å². The highest BCUT2D eigenvalue weighted by Crippen LogP contribution is 2.48. The molecule has 1 spiro atoms. The second kappa shape index (κ2) is 9.58. The summed E-state index contributed by atoms with van der Waals surface area (Å²) in [6.45, 7) is 5.19. The third kappa shape index (κ3) is 4.42. The van der Waals surface area contributed by atoms with Gasteiger partial charge in [-0.3, -0.25) is 9.69 Å². The molecule has 11 heteroatoms. The number of carbonyl (C=O) groups excluding carboxylic acids is 1. The van der Waals surface area contributed by atoms with Gasteiger partial charge < -0.3 is 14.5 Å². The summed E-state index contributed by atoms with van der Waals surface area (Å²) >= 11 is 5.66. The first-order valence-electron chi connectivity index (χ1n) is 12.3. The molecule has 0 atom stereocenters. The van der Waals surface area contributed by atoms with Gasteiger partial charge in [0.05, 0.1) is 17.4 Å². The van der Waals surface area contributed by atoms with Gasteiger partial charge in [-0.05, 0) is 81.2 Å². The van der Waals surface area contributed by atoms with Crippen molar-refractivity contribution in [3.63, 3.8) is 0 Å². The number of nitriles is 1. The van der Waals surface area contributed by atoms with Crippen LogP contribution in [0.25, 0.3) is 0 Å². The number of piperidine rings is 1. The van der Waals surface area contributed by atoms with Crippen LogP contribution in [0.5, 0.6) is 5.75 Å². The van der Waals surface area contributed by atoms with Crippen LogP contribution >= 0.6 is 12.2 Å². The summed E-state index contributed by atoms with van der Waals surface area (Å²) in [5.41, 5.74) is -2.33. The Morgan fingerprint density at radius 2 is 1.86 bits per heavy atom. The lowest BCUT2D eigenvalue weighted by molar-refractivity contribution is -0.138. The van der Waals surface area contributed by atoms with E-state index in [2.05, 4.69) is 16.8 Å². The minimum Gasteiger partial charge on any atom is -0.490 e. The molecular weight excluding hydrogens is 503 g/mol. The maximum Gasteiger partial charge on any atom is 0.419 e. The van der Waals surface area contributed by atoms with Crippen molar-refractivity contribution in [2.75, 3.05) is 29.4 Å². The first-order chi connectivity index (χ1) is 17.7. The fourth-order valence-corrected chi connectivity index (χ4v) is 5.77. The summed E-state index contributed by atoms with van der Waals surface area (Å²) in [6.07, 6.45) is 0.218. The van der Waals surface area contributed by atoms with Crippen LogP contribution in [0.2, 0.25) is 0 Å². The molecule has 1 aromatic carbocycles. The highest BCUT2D eigenvalue weighted by Gasteiger charge is 2.59. The second-order valence-electron chi connectivity index (χ2n) is 9.59. The highest BCUT2D eigenvalue weighted by molar-refractivity contribution is 7.81. The molecule has 7 nitrogen and oxygen atoms in total. The molecule has 1 saturated carbocycles. The van der Waals surface area contributed by atoms with Crippen molar-refractivity contribution >= 4 is 34.6 Å². The molecule has 0 bridgehead atoms. The van der Waals surface area contributed by atoms with Crippen LogP contribution in [0, 0.1) is 11.3 Å². The minimum atomic E-state index is -4.80. The number of hydrogen-bond donors (Lipinski definition) is 0. The summed E-state index contributed by atoms with van der Waals surface area (Å²) in [4.78, 5) is 22.5. The fourth-order valence-electron chi connectivity index (χ4n) is 5.30. The number of aromatic nitrogens is 1. The number of hydrogen-bond acceptors (Lipinski definition) is 6. The van der Waals surface area contributed by atoms with E-state index in [4.69, 9.17) is 22.2 Å². The Morgan fingerprint density at radius 3 is 2.41 bits per heavy atom. The van der Waals surface area contributed by atoms with Crippen molar-refractivity contribution in [3.05, 3.63) is 47.8 Å². The van der Waals surface area contributed by atoms with Gasteiger partial charge in [-0.2, -0.15) is 18.4 Å². The van der Waals surface area contributed by atoms with Gasteiger partial charge >= 0.3 is 6.18 Å². The van der Waals surface area contributed by atoms with Gasteiger partial charge in [0, 0.05) is 18.8 Å². The molecule has 3 heterocycles. The van der Waals surface area contributed by atoms with E-state index in [-0.39, 0.29) is 22.8 Å². The summed E-state index contributed by atoms with van der Waals surface area (Å²) in [5, 5.41) is 9.16. The average molecular weight is 530 g/mol. The first kappa shape index (κ1) is 25.4. The maximum atomic E-state index is 13.6. The number of ether oxygens (including phenoxy) is 1. The lowest BCUT2D eigenvalue weighted by Crippen LogP contribution is -2.55. The van der Waals surface area contributed by atoms with E-state index in [1.165, 1.54) is 6.07 Å². The molecule has 194 valence electrons. The summed E-state index contributed by atoms with van der Waals surface area (Å²) < 4.78 is 46.8. The molecule has 2 saturated heterocycles. The van der Waals surface area contributed by atoms with Crippen molar-refractivity contribution in [3.8, 4) is 11.8 Å². The maximum absolute atomic E-state index is 13.6. The monoisotopic (exact) mass is 529 g/mol. The number of halogens is 3. The topological polar surface area (TPSA) is 72.7 Å². The quantitative estimate of drug-likeness (QED) is 0.511. The number of rotatable bonds is 5. The van der Waals surface area contributed by atoms with Gasteiger partial charge in [0.1, 0.15) is 23.5 Å². The SMILES string of the molecule is CCN1CCC(Oc2ccc(N3C(=S)N(c4cnc(C#N)c(C(F)(F)F)c4)C(=O)C34CCC4)cc2)CC1. The lowest BCUT2D eigenvalue weighted by Gasteiger charge is -2.43. The number of carbonyl (C=O) groups is 1. The average Bonchev–Trinajstić information content (AvgIpc) is 3.10. The van der Waals surface area contributed by atoms with Crippen LogP contribution in [-0.2, 0) is 11.0 Å². The van der Waals surface area contributed by atoms with Crippen LogP contribution in [0.4, 0.5) is 24.5 Å². The molecule has 37 heavy (non-hydrogen) atoms. The van der Waals surface area contributed by atoms with Crippen LogP contribution in [0.3, 0.4) is 0 Å². The van der Waals surface area contributed by atoms with E-state index in [0.717, 1.165) is 61.8 Å². The molecule has 2 aromatic rings. The standard InChI is InChI=1S/C26H26F3N5O2S/c1-2-32-12-8-20(9-13-32)36-19-6-4-17(5-7-19)34-24(37)33(23(35)25(34)10-3-11-25)18-14-21(26(27,28)29)22(15-30)31-16-18/h4-7,14,16,20H,2-3,8-13H2,1H3. The lowest BCUT2D eigenvalue weighted by atomic mass is 9.75. The molecule has 5 rings (SSSR count). The van der Waals surface area contributed by atoms with Gasteiger partial charge in [-0.25, -0.2) is 4.98 Å². The molecular formula is C26H26F3N5O2S. The van der Waals surface area contributed by atoms with Crippen molar-refractivity contribution in [2.45, 2.75) is 56.8 Å². The smallest absolute Gasteiger partial charge is 0.419 e. The van der Waals surface area contributed by atoms with Gasteiger partial charge in [0.2, 0.25) is 0 Å². The second-order valence-corrected chi connectivity index (χ2v) is 9.95. The van der Waals surface area contributed by atoms with E-state index < -0.39 is 23.0 Å². The number of amides is 1. The number of likely N-dealkylation sites (tertiary alicyclic amines) is 1. The molecule has 1 aromatic heterocycles. The minimum absolute atomic E-state index is 0.0879. The number of benzene rings is 1. The molecule has 1 aliphatic carbocycles. The molecule has 0 radical (unpaired) electrons. The summed E-state index contributed by atoms with van der Waals surface area (Å²) in [5.74, 6) is 0.340. The van der Waals surface area contributed by atoms with Gasteiger partial charge in [0.15, 0.2) is 10.8 Å². The Kier molecular flexibility index (Phi) is 6.58. The zero-order chi connectivity index (χ0) is 26.4. The fraction of sp³-hybridized carbons (Fsp3) is 0.462. The van der Waals surface area contributed by atoms with E-state index in [1.807, 2.05) is 24.3 Å². The number of nitrogens with zero attached hydrogens (tertiary/aromatic N) is 5.